The average Bonchev–Trinajstić information content (AvgIpc) is 2.24. The average molecular weight is 317 g/mol. The molecule has 2 heterocycles. The van der Waals surface area contributed by atoms with Gasteiger partial charge in [-0.15, -0.1) is 0 Å². The van der Waals surface area contributed by atoms with Gasteiger partial charge in [-0.1, -0.05) is 17.7 Å². The van der Waals surface area contributed by atoms with E-state index < -0.39 is 16.1 Å². The fourth-order valence-electron chi connectivity index (χ4n) is 2.75. The molecule has 0 atom stereocenters. The second-order valence-corrected chi connectivity index (χ2v) is 7.74. The maximum atomic E-state index is 12.3. The number of nitrogens with zero attached hydrogens (tertiary/aromatic N) is 2. The Morgan fingerprint density at radius 1 is 1.25 bits per heavy atom. The van der Waals surface area contributed by atoms with Gasteiger partial charge in [-0.05, 0) is 18.2 Å². The van der Waals surface area contributed by atoms with Crippen LogP contribution in [-0.2, 0) is 10.0 Å². The summed E-state index contributed by atoms with van der Waals surface area (Å²) >= 11 is 5.81. The molecule has 20 heavy (non-hydrogen) atoms. The Morgan fingerprint density at radius 2 is 1.90 bits per heavy atom. The van der Waals surface area contributed by atoms with Crippen LogP contribution in [0.1, 0.15) is 0 Å². The predicted octanol–water partition coefficient (Wildman–Crippen LogP) is 1.32. The first-order chi connectivity index (χ1) is 9.32. The Kier molecular flexibility index (Phi) is 2.97. The molecule has 2 aliphatic heterocycles. The van der Waals surface area contributed by atoms with Crippen molar-refractivity contribution in [2.75, 3.05) is 26.2 Å². The Balaban J connectivity index is 1.70. The first-order valence-corrected chi connectivity index (χ1v) is 7.88. The van der Waals surface area contributed by atoms with Gasteiger partial charge in [-0.2, -0.15) is 4.31 Å². The lowest BCUT2D eigenvalue weighted by atomic mass is 9.75. The number of hydrogen-bond acceptors (Lipinski definition) is 3. The van der Waals surface area contributed by atoms with Gasteiger partial charge >= 0.3 is 6.09 Å². The molecular weight excluding hydrogens is 304 g/mol. The monoisotopic (exact) mass is 316 g/mol. The quantitative estimate of drug-likeness (QED) is 0.892. The van der Waals surface area contributed by atoms with Crippen LogP contribution < -0.4 is 0 Å². The minimum Gasteiger partial charge on any atom is -0.465 e. The molecule has 6 nitrogen and oxygen atoms in total. The van der Waals surface area contributed by atoms with Crippen LogP contribution in [0.25, 0.3) is 0 Å². The van der Waals surface area contributed by atoms with Crippen LogP contribution in [0.3, 0.4) is 0 Å². The Labute approximate surface area is 121 Å². The first kappa shape index (κ1) is 13.7. The number of rotatable bonds is 2. The Hall–Kier alpha value is -1.31. The topological polar surface area (TPSA) is 77.9 Å². The zero-order chi connectivity index (χ0) is 14.5. The molecule has 1 aromatic rings. The Morgan fingerprint density at radius 3 is 2.45 bits per heavy atom. The van der Waals surface area contributed by atoms with Gasteiger partial charge < -0.3 is 10.0 Å². The molecule has 0 radical (unpaired) electrons. The van der Waals surface area contributed by atoms with E-state index in [2.05, 4.69) is 0 Å². The lowest BCUT2D eigenvalue weighted by Gasteiger charge is -2.58. The first-order valence-electron chi connectivity index (χ1n) is 6.06. The second-order valence-electron chi connectivity index (χ2n) is 5.37. The molecule has 0 aliphatic carbocycles. The molecule has 8 heteroatoms. The molecule has 1 amide bonds. The van der Waals surface area contributed by atoms with Crippen LogP contribution in [-0.4, -0.2) is 55.0 Å². The van der Waals surface area contributed by atoms with E-state index in [4.69, 9.17) is 16.7 Å². The van der Waals surface area contributed by atoms with Gasteiger partial charge in [0.15, 0.2) is 0 Å². The highest BCUT2D eigenvalue weighted by atomic mass is 35.5. The van der Waals surface area contributed by atoms with Crippen molar-refractivity contribution in [3.63, 3.8) is 0 Å². The number of carbonyl (C=O) groups is 1. The standard InChI is InChI=1S/C12H13ClN2O4S/c13-9-2-1-3-10(4-9)20(18,19)15-7-12(8-15)5-14(6-12)11(16)17/h1-4H,5-8H2,(H,16,17). The van der Waals surface area contributed by atoms with Crippen molar-refractivity contribution in [3.05, 3.63) is 29.3 Å². The van der Waals surface area contributed by atoms with Crippen LogP contribution in [0.15, 0.2) is 29.2 Å². The van der Waals surface area contributed by atoms with E-state index in [-0.39, 0.29) is 10.3 Å². The summed E-state index contributed by atoms with van der Waals surface area (Å²) in [5, 5.41) is 9.18. The van der Waals surface area contributed by atoms with E-state index in [9.17, 15) is 13.2 Å². The Bertz CT molecular complexity index is 662. The highest BCUT2D eigenvalue weighted by Crippen LogP contribution is 2.42. The van der Waals surface area contributed by atoms with E-state index in [1.807, 2.05) is 0 Å². The van der Waals surface area contributed by atoms with Crippen LogP contribution >= 0.6 is 11.6 Å². The maximum Gasteiger partial charge on any atom is 0.407 e. The van der Waals surface area contributed by atoms with Crippen LogP contribution in [0.4, 0.5) is 4.79 Å². The summed E-state index contributed by atoms with van der Waals surface area (Å²) < 4.78 is 26.1. The molecule has 0 unspecified atom stereocenters. The molecular formula is C12H13ClN2O4S. The van der Waals surface area contributed by atoms with Crippen molar-refractivity contribution < 1.29 is 18.3 Å². The van der Waals surface area contributed by atoms with E-state index in [0.29, 0.717) is 31.2 Å². The number of amides is 1. The summed E-state index contributed by atoms with van der Waals surface area (Å²) in [5.74, 6) is 0. The molecule has 3 rings (SSSR count). The van der Waals surface area contributed by atoms with Crippen molar-refractivity contribution in [2.24, 2.45) is 5.41 Å². The molecule has 1 N–H and O–H groups in total. The summed E-state index contributed by atoms with van der Waals surface area (Å²) in [7, 11) is -3.53. The maximum absolute atomic E-state index is 12.3. The number of hydrogen-bond donors (Lipinski definition) is 1. The van der Waals surface area contributed by atoms with Crippen LogP contribution in [0.2, 0.25) is 5.02 Å². The number of halogens is 1. The van der Waals surface area contributed by atoms with Gasteiger partial charge in [-0.3, -0.25) is 0 Å². The minimum atomic E-state index is -3.53. The molecule has 0 saturated carbocycles. The normalized spacial score (nSPS) is 21.4. The fourth-order valence-corrected chi connectivity index (χ4v) is 4.71. The minimum absolute atomic E-state index is 0.175. The fraction of sp³-hybridized carbons (Fsp3) is 0.417. The number of likely N-dealkylation sites (tertiary alicyclic amines) is 1. The second kappa shape index (κ2) is 4.34. The number of sulfonamides is 1. The van der Waals surface area contributed by atoms with Gasteiger partial charge in [0, 0.05) is 36.6 Å². The molecule has 2 fully saturated rings. The van der Waals surface area contributed by atoms with Crippen molar-refractivity contribution in [1.29, 1.82) is 0 Å². The zero-order valence-corrected chi connectivity index (χ0v) is 12.1. The predicted molar refractivity (Wildman–Crippen MR) is 72.2 cm³/mol. The SMILES string of the molecule is O=C(O)N1CC2(C1)CN(S(=O)(=O)c1cccc(Cl)c1)C2. The third-order valence-corrected chi connectivity index (χ3v) is 5.80. The largest absolute Gasteiger partial charge is 0.465 e. The van der Waals surface area contributed by atoms with Crippen molar-refractivity contribution >= 4 is 27.7 Å². The molecule has 0 aromatic heterocycles. The number of carboxylic acid groups (broad SMARTS) is 1. The zero-order valence-electron chi connectivity index (χ0n) is 10.5. The van der Waals surface area contributed by atoms with Gasteiger partial charge in [0.05, 0.1) is 4.90 Å². The van der Waals surface area contributed by atoms with Gasteiger partial charge in [-0.25, -0.2) is 13.2 Å². The lowest BCUT2D eigenvalue weighted by molar-refractivity contribution is -0.0663. The van der Waals surface area contributed by atoms with Crippen molar-refractivity contribution in [2.45, 2.75) is 4.90 Å². The highest BCUT2D eigenvalue weighted by Gasteiger charge is 2.56. The molecule has 2 aliphatic rings. The van der Waals surface area contributed by atoms with Crippen LogP contribution in [0.5, 0.6) is 0 Å². The summed E-state index contributed by atoms with van der Waals surface area (Å²) in [6, 6.07) is 6.15. The highest BCUT2D eigenvalue weighted by molar-refractivity contribution is 7.89. The summed E-state index contributed by atoms with van der Waals surface area (Å²) in [6.07, 6.45) is -0.952. The number of benzene rings is 1. The third-order valence-electron chi connectivity index (χ3n) is 3.78. The van der Waals surface area contributed by atoms with E-state index in [1.54, 1.807) is 12.1 Å². The molecule has 2 saturated heterocycles. The molecule has 0 bridgehead atoms. The lowest BCUT2D eigenvalue weighted by Crippen LogP contribution is -2.73. The smallest absolute Gasteiger partial charge is 0.407 e. The summed E-state index contributed by atoms with van der Waals surface area (Å²) in [5.41, 5.74) is -0.190. The molecule has 1 spiro atoms. The third kappa shape index (κ3) is 2.06. The van der Waals surface area contributed by atoms with Crippen molar-refractivity contribution in [3.8, 4) is 0 Å². The van der Waals surface area contributed by atoms with Gasteiger partial charge in [0.1, 0.15) is 0 Å². The molecule has 1 aromatic carbocycles. The molecule has 108 valence electrons. The van der Waals surface area contributed by atoms with E-state index in [0.717, 1.165) is 0 Å². The summed E-state index contributed by atoms with van der Waals surface area (Å²) in [6.45, 7) is 1.55. The van der Waals surface area contributed by atoms with Gasteiger partial charge in [0.2, 0.25) is 10.0 Å². The van der Waals surface area contributed by atoms with E-state index in [1.165, 1.54) is 21.3 Å². The van der Waals surface area contributed by atoms with Gasteiger partial charge in [0.25, 0.3) is 0 Å². The van der Waals surface area contributed by atoms with Crippen molar-refractivity contribution in [1.82, 2.24) is 9.21 Å². The van der Waals surface area contributed by atoms with Crippen LogP contribution in [0, 0.1) is 5.41 Å². The van der Waals surface area contributed by atoms with E-state index >= 15 is 0 Å². The summed E-state index contributed by atoms with van der Waals surface area (Å²) in [4.78, 5) is 12.2.